The van der Waals surface area contributed by atoms with Crippen LogP contribution in [0.4, 0.5) is 10.1 Å². The Morgan fingerprint density at radius 3 is 2.38 bits per heavy atom. The van der Waals surface area contributed by atoms with Gasteiger partial charge in [-0.05, 0) is 56.2 Å². The minimum Gasteiger partial charge on any atom is -0.458 e. The molecule has 3 aromatic heterocycles. The average molecular weight is 824 g/mol. The third-order valence-corrected chi connectivity index (χ3v) is 11.5. The van der Waals surface area contributed by atoms with Gasteiger partial charge in [0, 0.05) is 53.1 Å². The number of ether oxygens (including phenoxy) is 1. The van der Waals surface area contributed by atoms with E-state index in [1.165, 1.54) is 35.9 Å². The van der Waals surface area contributed by atoms with Crippen molar-refractivity contribution in [3.63, 3.8) is 0 Å². The molecular weight excluding hydrogens is 778 g/mol. The molecule has 3 aliphatic rings. The van der Waals surface area contributed by atoms with Crippen molar-refractivity contribution in [2.24, 2.45) is 5.92 Å². The minimum atomic E-state index is -2.00. The van der Waals surface area contributed by atoms with Gasteiger partial charge in [-0.2, -0.15) is 0 Å². The van der Waals surface area contributed by atoms with Crippen LogP contribution in [0.1, 0.15) is 89.0 Å². The molecule has 17 heteroatoms. The molecule has 7 rings (SSSR count). The SMILES string of the molecule is CCc1c2c(nc3cc(F)c4ncc(NC(=O)[C@H](C)NC(=O)[C@@H](NC(=O)CCCCCN5C(=O)C=CC5=O)C(C)C)cc4c13)-c1cc3c(c(=O)n1C2)COC(=O)[C@]3(O)CC. The number of aryl methyl sites for hydroxylation is 1. The zero-order valence-corrected chi connectivity index (χ0v) is 33.9. The van der Waals surface area contributed by atoms with E-state index in [0.29, 0.717) is 53.4 Å². The molecule has 60 heavy (non-hydrogen) atoms. The van der Waals surface area contributed by atoms with Crippen LogP contribution >= 0.6 is 0 Å². The highest BCUT2D eigenvalue weighted by Crippen LogP contribution is 2.42. The summed E-state index contributed by atoms with van der Waals surface area (Å²) in [4.78, 5) is 99.7. The molecule has 0 spiro atoms. The molecule has 0 aliphatic carbocycles. The summed E-state index contributed by atoms with van der Waals surface area (Å²) in [5.41, 5.74) is 0.782. The molecule has 0 radical (unpaired) electrons. The third kappa shape index (κ3) is 7.41. The number of hydrogen-bond donors (Lipinski definition) is 4. The van der Waals surface area contributed by atoms with Gasteiger partial charge < -0.3 is 30.4 Å². The third-order valence-electron chi connectivity index (χ3n) is 11.5. The molecular formula is C43H46FN7O9. The topological polar surface area (TPSA) is 219 Å². The fraction of sp³-hybridized carbons (Fsp3) is 0.419. The van der Waals surface area contributed by atoms with Crippen molar-refractivity contribution in [3.8, 4) is 11.4 Å². The molecule has 6 heterocycles. The number of amides is 5. The van der Waals surface area contributed by atoms with Gasteiger partial charge in [0.05, 0.1) is 40.9 Å². The van der Waals surface area contributed by atoms with E-state index < -0.39 is 46.8 Å². The number of benzene rings is 1. The molecule has 4 aromatic rings. The molecule has 4 N–H and O–H groups in total. The Balaban J connectivity index is 1.07. The largest absolute Gasteiger partial charge is 0.458 e. The second-order valence-electron chi connectivity index (χ2n) is 15.7. The van der Waals surface area contributed by atoms with E-state index in [9.17, 15) is 38.7 Å². The number of aromatic nitrogens is 3. The number of unbranched alkanes of at least 4 members (excludes halogenated alkanes) is 2. The smallest absolute Gasteiger partial charge is 0.343 e. The first kappa shape index (κ1) is 41.8. The van der Waals surface area contributed by atoms with Crippen molar-refractivity contribution in [1.82, 2.24) is 30.1 Å². The second kappa shape index (κ2) is 16.4. The number of aliphatic hydroxyl groups is 1. The number of rotatable bonds is 14. The summed E-state index contributed by atoms with van der Waals surface area (Å²) in [6.45, 7) is 8.69. The Morgan fingerprint density at radius 1 is 0.967 bits per heavy atom. The first-order valence-electron chi connectivity index (χ1n) is 20.1. The number of fused-ring (bicyclic) bond motifs is 7. The number of imide groups is 1. The maximum Gasteiger partial charge on any atom is 0.343 e. The predicted octanol–water partition coefficient (Wildman–Crippen LogP) is 3.40. The summed E-state index contributed by atoms with van der Waals surface area (Å²) in [5, 5.41) is 20.4. The number of anilines is 1. The molecule has 0 bridgehead atoms. The van der Waals surface area contributed by atoms with E-state index in [1.54, 1.807) is 32.9 Å². The first-order valence-corrected chi connectivity index (χ1v) is 20.1. The lowest BCUT2D eigenvalue weighted by molar-refractivity contribution is -0.172. The maximum absolute atomic E-state index is 15.7. The summed E-state index contributed by atoms with van der Waals surface area (Å²) in [7, 11) is 0. The van der Waals surface area contributed by atoms with Crippen molar-refractivity contribution in [2.75, 3.05) is 11.9 Å². The Kier molecular flexibility index (Phi) is 11.4. The lowest BCUT2D eigenvalue weighted by Crippen LogP contribution is -2.53. The molecule has 16 nitrogen and oxygen atoms in total. The highest BCUT2D eigenvalue weighted by atomic mass is 19.1. The van der Waals surface area contributed by atoms with E-state index in [-0.39, 0.29) is 84.0 Å². The van der Waals surface area contributed by atoms with Gasteiger partial charge in [-0.1, -0.05) is 34.1 Å². The van der Waals surface area contributed by atoms with Crippen molar-refractivity contribution in [2.45, 2.75) is 104 Å². The maximum atomic E-state index is 15.7. The fourth-order valence-electron chi connectivity index (χ4n) is 8.17. The summed E-state index contributed by atoms with van der Waals surface area (Å²) in [6.07, 6.45) is 5.94. The van der Waals surface area contributed by atoms with Crippen molar-refractivity contribution >= 4 is 63.0 Å². The summed E-state index contributed by atoms with van der Waals surface area (Å²) in [5.74, 6) is -4.02. The number of nitrogens with one attached hydrogen (secondary N) is 3. The van der Waals surface area contributed by atoms with Gasteiger partial charge in [0.25, 0.3) is 17.4 Å². The first-order chi connectivity index (χ1) is 28.6. The number of pyridine rings is 3. The van der Waals surface area contributed by atoms with Crippen LogP contribution in [0.2, 0.25) is 0 Å². The van der Waals surface area contributed by atoms with E-state index in [1.807, 2.05) is 6.92 Å². The number of halogens is 1. The minimum absolute atomic E-state index is 0.0117. The highest BCUT2D eigenvalue weighted by molar-refractivity contribution is 6.13. The van der Waals surface area contributed by atoms with Crippen molar-refractivity contribution < 1.29 is 43.0 Å². The van der Waals surface area contributed by atoms with E-state index in [2.05, 4.69) is 20.9 Å². The Hall–Kier alpha value is -6.36. The van der Waals surface area contributed by atoms with Crippen LogP contribution < -0.4 is 21.5 Å². The molecule has 3 aliphatic heterocycles. The van der Waals surface area contributed by atoms with Crippen LogP contribution in [0.25, 0.3) is 33.2 Å². The summed E-state index contributed by atoms with van der Waals surface area (Å²) >= 11 is 0. The second-order valence-corrected chi connectivity index (χ2v) is 15.7. The molecule has 3 atom stereocenters. The number of cyclic esters (lactones) is 1. The van der Waals surface area contributed by atoms with Crippen LogP contribution in [-0.4, -0.2) is 78.7 Å². The average Bonchev–Trinajstić information content (AvgIpc) is 3.75. The molecule has 0 saturated heterocycles. The van der Waals surface area contributed by atoms with Gasteiger partial charge in [0.1, 0.15) is 24.2 Å². The Morgan fingerprint density at radius 2 is 1.70 bits per heavy atom. The lowest BCUT2D eigenvalue weighted by atomic mass is 9.86. The Labute approximate surface area is 343 Å². The van der Waals surface area contributed by atoms with Gasteiger partial charge in [-0.3, -0.25) is 38.7 Å². The zero-order valence-electron chi connectivity index (χ0n) is 33.9. The van der Waals surface area contributed by atoms with Crippen LogP contribution in [0.15, 0.2) is 41.3 Å². The van der Waals surface area contributed by atoms with Gasteiger partial charge in [-0.25, -0.2) is 14.2 Å². The normalized spacial score (nSPS) is 17.7. The number of esters is 1. The van der Waals surface area contributed by atoms with E-state index in [0.717, 1.165) is 10.5 Å². The van der Waals surface area contributed by atoms with Crippen molar-refractivity contribution in [3.05, 3.63) is 75.0 Å². The van der Waals surface area contributed by atoms with Gasteiger partial charge in [0.2, 0.25) is 17.7 Å². The molecule has 0 fully saturated rings. The van der Waals surface area contributed by atoms with Crippen LogP contribution in [-0.2, 0) is 58.7 Å². The lowest BCUT2D eigenvalue weighted by Gasteiger charge is -2.31. The fourth-order valence-corrected chi connectivity index (χ4v) is 8.17. The van der Waals surface area contributed by atoms with E-state index in [4.69, 9.17) is 9.72 Å². The number of carbonyl (C=O) groups excluding carboxylic acids is 6. The predicted molar refractivity (Wildman–Crippen MR) is 216 cm³/mol. The van der Waals surface area contributed by atoms with E-state index >= 15 is 4.39 Å². The van der Waals surface area contributed by atoms with Crippen LogP contribution in [0.3, 0.4) is 0 Å². The number of hydrogen-bond acceptors (Lipinski definition) is 11. The molecule has 5 amide bonds. The van der Waals surface area contributed by atoms with Crippen molar-refractivity contribution in [1.29, 1.82) is 0 Å². The quantitative estimate of drug-likeness (QED) is 0.0551. The zero-order chi connectivity index (χ0) is 43.2. The summed E-state index contributed by atoms with van der Waals surface area (Å²) in [6, 6.07) is 2.47. The monoisotopic (exact) mass is 823 g/mol. The van der Waals surface area contributed by atoms with Gasteiger partial charge >= 0.3 is 5.97 Å². The number of carbonyl (C=O) groups is 6. The molecule has 1 aromatic carbocycles. The van der Waals surface area contributed by atoms with Gasteiger partial charge in [0.15, 0.2) is 11.4 Å². The molecule has 0 unspecified atom stereocenters. The standard InChI is InChI=1S/C43H46FN7O9/c1-6-24-26-19-51-31(16-28-27(41(51)57)20-60-42(58)43(28,59)7-2)38(26)48-30-17-29(44)37-25(35(24)30)15-23(18-45-37)47-39(55)22(5)46-40(56)36(21(3)4)49-32(52)11-9-8-10-14-50-33(53)12-13-34(50)54/h12-13,15-18,21-22,36,59H,6-11,14,19-20H2,1-5H3,(H,46,56)(H,47,55)(H,49,52)/t22-,36-,43-/m0/s1. The Bertz CT molecular complexity index is 2590. The molecule has 314 valence electrons. The molecule has 0 saturated carbocycles. The van der Waals surface area contributed by atoms with Crippen LogP contribution in [0.5, 0.6) is 0 Å². The highest BCUT2D eigenvalue weighted by Gasteiger charge is 2.45. The summed E-state index contributed by atoms with van der Waals surface area (Å²) < 4.78 is 22.4. The van der Waals surface area contributed by atoms with Gasteiger partial charge in [-0.15, -0.1) is 0 Å². The number of nitrogens with zero attached hydrogens (tertiary/aromatic N) is 4. The van der Waals surface area contributed by atoms with Crippen LogP contribution in [0, 0.1) is 11.7 Å².